The highest BCUT2D eigenvalue weighted by Crippen LogP contribution is 2.34. The first kappa shape index (κ1) is 32.2. The number of aromatic nitrogens is 6. The number of nitrogens with one attached hydrogen (secondary N) is 3. The number of benzene rings is 3. The highest BCUT2D eigenvalue weighted by molar-refractivity contribution is 6.06. The number of carbonyl (C=O) groups is 3. The van der Waals surface area contributed by atoms with Crippen LogP contribution in [0.3, 0.4) is 0 Å². The first-order valence-electron chi connectivity index (χ1n) is 17.7. The molecule has 6 aromatic rings. The number of imide groups is 1. The van der Waals surface area contributed by atoms with Gasteiger partial charge in [-0.2, -0.15) is 10.1 Å². The number of anilines is 5. The van der Waals surface area contributed by atoms with Gasteiger partial charge in [0.1, 0.15) is 11.9 Å². The summed E-state index contributed by atoms with van der Waals surface area (Å²) in [5.74, 6) is -0.00241. The van der Waals surface area contributed by atoms with E-state index in [-0.39, 0.29) is 24.8 Å². The van der Waals surface area contributed by atoms with Crippen LogP contribution in [0, 0.1) is 0 Å². The molecule has 264 valence electrons. The van der Waals surface area contributed by atoms with Crippen molar-refractivity contribution >= 4 is 57.6 Å². The summed E-state index contributed by atoms with van der Waals surface area (Å²) in [5, 5.41) is 13.7. The molecule has 0 bridgehead atoms. The van der Waals surface area contributed by atoms with Gasteiger partial charge in [-0.25, -0.2) is 9.97 Å². The summed E-state index contributed by atoms with van der Waals surface area (Å²) in [5.41, 5.74) is 7.52. The molecule has 0 saturated carbocycles. The maximum Gasteiger partial charge on any atom is 0.255 e. The molecule has 9 rings (SSSR count). The molecule has 3 aromatic carbocycles. The maximum atomic E-state index is 13.3. The van der Waals surface area contributed by atoms with Gasteiger partial charge < -0.3 is 20.4 Å². The molecule has 3 amide bonds. The van der Waals surface area contributed by atoms with Crippen LogP contribution >= 0.6 is 0 Å². The molecule has 3 aromatic heterocycles. The molecule has 14 nitrogen and oxygen atoms in total. The summed E-state index contributed by atoms with van der Waals surface area (Å²) in [6.07, 6.45) is 9.86. The zero-order valence-electron chi connectivity index (χ0n) is 28.6. The molecule has 0 radical (unpaired) electrons. The monoisotopic (exact) mass is 705 g/mol. The Kier molecular flexibility index (Phi) is 8.18. The quantitative estimate of drug-likeness (QED) is 0.175. The Morgan fingerprint density at radius 2 is 1.66 bits per heavy atom. The number of carbonyl (C=O) groups excluding carboxylic acids is 3. The van der Waals surface area contributed by atoms with Crippen molar-refractivity contribution in [1.82, 2.24) is 39.9 Å². The van der Waals surface area contributed by atoms with Gasteiger partial charge in [-0.3, -0.25) is 29.4 Å². The molecule has 14 heteroatoms. The van der Waals surface area contributed by atoms with E-state index in [1.165, 1.54) is 4.90 Å². The van der Waals surface area contributed by atoms with Crippen molar-refractivity contribution in [2.45, 2.75) is 44.3 Å². The highest BCUT2D eigenvalue weighted by Gasteiger charge is 2.40. The van der Waals surface area contributed by atoms with Gasteiger partial charge >= 0.3 is 0 Å². The summed E-state index contributed by atoms with van der Waals surface area (Å²) in [6.45, 7) is 2.03. The zero-order chi connectivity index (χ0) is 35.9. The van der Waals surface area contributed by atoms with Crippen LogP contribution in [0.1, 0.15) is 47.6 Å². The molecule has 3 N–H and O–H groups in total. The molecular formula is C39H35N11O3. The van der Waals surface area contributed by atoms with E-state index >= 15 is 0 Å². The van der Waals surface area contributed by atoms with Crippen molar-refractivity contribution in [3.8, 4) is 11.3 Å². The standard InChI is InChI=1S/C39H35N11O3/c51-36-12-11-34(37(52)47-36)49-23-29-28(38(49)53)7-4-10-30(29)45-35-13-16-40-39(46-35)43-25-5-3-6-27(19-25)48-17-14-26(15-18-48)50-22-24(20-42-50)33-21-41-31-8-1-2-9-32(31)44-33/h1-10,13,16,19-22,26,34H,11-12,14-15,17-18,23H2,(H,47,51,52)(H2,40,43,45,46). The van der Waals surface area contributed by atoms with Gasteiger partial charge in [-0.1, -0.05) is 24.3 Å². The third kappa shape index (κ3) is 6.39. The van der Waals surface area contributed by atoms with E-state index in [4.69, 9.17) is 15.1 Å². The van der Waals surface area contributed by atoms with Crippen molar-refractivity contribution in [2.24, 2.45) is 0 Å². The Balaban J connectivity index is 0.837. The van der Waals surface area contributed by atoms with Crippen LogP contribution in [0.15, 0.2) is 97.6 Å². The number of amides is 3. The summed E-state index contributed by atoms with van der Waals surface area (Å²) in [7, 11) is 0. The van der Waals surface area contributed by atoms with Gasteiger partial charge in [0.25, 0.3) is 5.91 Å². The van der Waals surface area contributed by atoms with E-state index in [1.807, 2.05) is 54.9 Å². The zero-order valence-corrected chi connectivity index (χ0v) is 28.6. The SMILES string of the molecule is O=C1CCC(N2Cc3c(Nc4ccnc(Nc5cccc(N6CCC(n7cc(-c8cnc9ccccc9n8)cn7)CC6)c5)n4)cccc3C2=O)C(=O)N1. The Morgan fingerprint density at radius 3 is 2.53 bits per heavy atom. The Morgan fingerprint density at radius 1 is 0.811 bits per heavy atom. The fourth-order valence-corrected chi connectivity index (χ4v) is 7.39. The van der Waals surface area contributed by atoms with Crippen LogP contribution in [-0.2, 0) is 16.1 Å². The van der Waals surface area contributed by atoms with E-state index in [0.29, 0.717) is 29.8 Å². The van der Waals surface area contributed by atoms with E-state index in [9.17, 15) is 14.4 Å². The van der Waals surface area contributed by atoms with Crippen molar-refractivity contribution in [3.63, 3.8) is 0 Å². The molecule has 0 spiro atoms. The van der Waals surface area contributed by atoms with Gasteiger partial charge in [0, 0.05) is 72.2 Å². The van der Waals surface area contributed by atoms with Crippen LogP contribution in [0.25, 0.3) is 22.3 Å². The summed E-state index contributed by atoms with van der Waals surface area (Å²) >= 11 is 0. The molecule has 6 heterocycles. The lowest BCUT2D eigenvalue weighted by Gasteiger charge is -2.34. The van der Waals surface area contributed by atoms with E-state index in [0.717, 1.165) is 70.8 Å². The predicted octanol–water partition coefficient (Wildman–Crippen LogP) is 5.37. The van der Waals surface area contributed by atoms with Crippen molar-refractivity contribution in [1.29, 1.82) is 0 Å². The highest BCUT2D eigenvalue weighted by atomic mass is 16.2. The number of fused-ring (bicyclic) bond motifs is 2. The average Bonchev–Trinajstić information content (AvgIpc) is 3.81. The second kappa shape index (κ2) is 13.5. The van der Waals surface area contributed by atoms with E-state index in [2.05, 4.69) is 53.8 Å². The molecule has 1 unspecified atom stereocenters. The first-order chi connectivity index (χ1) is 25.9. The number of para-hydroxylation sites is 2. The topological polar surface area (TPSA) is 163 Å². The lowest BCUT2D eigenvalue weighted by molar-refractivity contribution is -0.136. The van der Waals surface area contributed by atoms with E-state index in [1.54, 1.807) is 24.4 Å². The van der Waals surface area contributed by atoms with Gasteiger partial charge in [0.15, 0.2) is 0 Å². The molecule has 0 aliphatic carbocycles. The fourth-order valence-electron chi connectivity index (χ4n) is 7.39. The lowest BCUT2D eigenvalue weighted by Crippen LogP contribution is -2.52. The fraction of sp³-hybridized carbons (Fsp3) is 0.231. The molecule has 53 heavy (non-hydrogen) atoms. The molecule has 3 aliphatic heterocycles. The van der Waals surface area contributed by atoms with Crippen molar-refractivity contribution in [2.75, 3.05) is 28.6 Å². The smallest absolute Gasteiger partial charge is 0.255 e. The number of hydrogen-bond donors (Lipinski definition) is 3. The van der Waals surface area contributed by atoms with Crippen LogP contribution in [-0.4, -0.2) is 71.5 Å². The van der Waals surface area contributed by atoms with Crippen LogP contribution < -0.4 is 20.9 Å². The minimum atomic E-state index is -0.681. The second-order valence-corrected chi connectivity index (χ2v) is 13.5. The molecule has 2 fully saturated rings. The Bertz CT molecular complexity index is 2390. The van der Waals surface area contributed by atoms with Crippen LogP contribution in [0.2, 0.25) is 0 Å². The van der Waals surface area contributed by atoms with E-state index < -0.39 is 11.9 Å². The van der Waals surface area contributed by atoms with Gasteiger partial charge in [-0.15, -0.1) is 0 Å². The third-order valence-electron chi connectivity index (χ3n) is 10.2. The second-order valence-electron chi connectivity index (χ2n) is 13.5. The summed E-state index contributed by atoms with van der Waals surface area (Å²) < 4.78 is 2.07. The Hall–Kier alpha value is -6.70. The minimum Gasteiger partial charge on any atom is -0.371 e. The summed E-state index contributed by atoms with van der Waals surface area (Å²) in [4.78, 5) is 59.9. The first-order valence-corrected chi connectivity index (χ1v) is 17.7. The Labute approximate surface area is 304 Å². The third-order valence-corrected chi connectivity index (χ3v) is 10.2. The van der Waals surface area contributed by atoms with Gasteiger partial charge in [-0.05, 0) is 67.8 Å². The average molecular weight is 706 g/mol. The largest absolute Gasteiger partial charge is 0.371 e. The molecule has 3 aliphatic rings. The lowest BCUT2D eigenvalue weighted by atomic mass is 10.0. The van der Waals surface area contributed by atoms with Crippen LogP contribution in [0.4, 0.5) is 28.8 Å². The van der Waals surface area contributed by atoms with Gasteiger partial charge in [0.2, 0.25) is 17.8 Å². The normalized spacial score (nSPS) is 17.6. The molecular weight excluding hydrogens is 671 g/mol. The molecule has 1 atom stereocenters. The van der Waals surface area contributed by atoms with Crippen molar-refractivity contribution < 1.29 is 14.4 Å². The number of piperidine rings is 2. The predicted molar refractivity (Wildman–Crippen MR) is 199 cm³/mol. The van der Waals surface area contributed by atoms with Crippen LogP contribution in [0.5, 0.6) is 0 Å². The number of nitrogens with zero attached hydrogens (tertiary/aromatic N) is 8. The minimum absolute atomic E-state index is 0.205. The molecule has 2 saturated heterocycles. The van der Waals surface area contributed by atoms with Gasteiger partial charge in [0.05, 0.1) is 35.2 Å². The summed E-state index contributed by atoms with van der Waals surface area (Å²) in [6, 6.07) is 22.9. The number of rotatable bonds is 8. The number of hydrogen-bond acceptors (Lipinski definition) is 11. The maximum absolute atomic E-state index is 13.3. The van der Waals surface area contributed by atoms with Crippen molar-refractivity contribution in [3.05, 3.63) is 109 Å².